The monoisotopic (exact) mass is 373 g/mol. The van der Waals surface area contributed by atoms with Crippen molar-refractivity contribution in [2.45, 2.75) is 32.6 Å². The molecule has 5 heteroatoms. The molecule has 2 aromatic rings. The highest BCUT2D eigenvalue weighted by Crippen LogP contribution is 2.28. The highest BCUT2D eigenvalue weighted by atomic mass is 35.5. The summed E-state index contributed by atoms with van der Waals surface area (Å²) in [5.74, 6) is -0.772. The van der Waals surface area contributed by atoms with Crippen LogP contribution in [0, 0.1) is 11.3 Å². The molecule has 0 fully saturated rings. The van der Waals surface area contributed by atoms with Gasteiger partial charge in [0.2, 0.25) is 0 Å². The average Bonchev–Trinajstić information content (AvgIpc) is 2.53. The molecule has 0 amide bonds. The van der Waals surface area contributed by atoms with Gasteiger partial charge >= 0.3 is 0 Å². The lowest BCUT2D eigenvalue weighted by Crippen LogP contribution is -2.13. The third-order valence-corrected chi connectivity index (χ3v) is 4.44. The first-order chi connectivity index (χ1) is 11.6. The van der Waals surface area contributed by atoms with Gasteiger partial charge < -0.3 is 0 Å². The maximum atomic E-state index is 12.4. The third-order valence-electron chi connectivity index (χ3n) is 3.84. The lowest BCUT2D eigenvalue weighted by Gasteiger charge is -2.19. The van der Waals surface area contributed by atoms with Gasteiger partial charge in [0.15, 0.2) is 11.6 Å². The van der Waals surface area contributed by atoms with E-state index in [0.717, 1.165) is 5.56 Å². The van der Waals surface area contributed by atoms with Crippen LogP contribution in [0.5, 0.6) is 0 Å². The third kappa shape index (κ3) is 4.48. The molecule has 0 aromatic heterocycles. The van der Waals surface area contributed by atoms with Gasteiger partial charge in [-0.3, -0.25) is 9.59 Å². The summed E-state index contributed by atoms with van der Waals surface area (Å²) in [6.07, 6.45) is -0.333. The second-order valence-corrected chi connectivity index (χ2v) is 7.59. The molecule has 128 valence electrons. The van der Waals surface area contributed by atoms with E-state index in [1.807, 2.05) is 18.2 Å². The van der Waals surface area contributed by atoms with Gasteiger partial charge in [-0.25, -0.2) is 0 Å². The fourth-order valence-corrected chi connectivity index (χ4v) is 3.09. The number of nitrogens with zero attached hydrogens (tertiary/aromatic N) is 1. The molecule has 0 aliphatic carbocycles. The lowest BCUT2D eigenvalue weighted by molar-refractivity contribution is 0.0894. The Hall–Kier alpha value is -2.15. The van der Waals surface area contributed by atoms with E-state index in [4.69, 9.17) is 28.5 Å². The summed E-state index contributed by atoms with van der Waals surface area (Å²) in [6.45, 7) is 6.26. The number of hydrogen-bond donors (Lipinski definition) is 0. The fourth-order valence-electron chi connectivity index (χ4n) is 2.40. The SMILES string of the molecule is CC(C)(C)c1ccc(C(=O)CC(=O)c2c(Cl)cc(C#N)cc2Cl)cc1. The summed E-state index contributed by atoms with van der Waals surface area (Å²) in [5.41, 5.74) is 1.88. The molecule has 2 aromatic carbocycles. The van der Waals surface area contributed by atoms with Crippen LogP contribution in [0.25, 0.3) is 0 Å². The van der Waals surface area contributed by atoms with Crippen molar-refractivity contribution in [3.8, 4) is 6.07 Å². The van der Waals surface area contributed by atoms with Crippen molar-refractivity contribution in [2.24, 2.45) is 0 Å². The molecule has 0 saturated heterocycles. The minimum Gasteiger partial charge on any atom is -0.294 e. The summed E-state index contributed by atoms with van der Waals surface area (Å²) >= 11 is 12.1. The topological polar surface area (TPSA) is 57.9 Å². The zero-order valence-corrected chi connectivity index (χ0v) is 15.7. The Morgan fingerprint density at radius 2 is 1.52 bits per heavy atom. The number of Topliss-reactive ketones (excluding diaryl/α,β-unsaturated/α-hetero) is 2. The maximum absolute atomic E-state index is 12.4. The zero-order chi connectivity index (χ0) is 18.8. The maximum Gasteiger partial charge on any atom is 0.173 e. The zero-order valence-electron chi connectivity index (χ0n) is 14.2. The van der Waals surface area contributed by atoms with Crippen LogP contribution in [0.15, 0.2) is 36.4 Å². The minimum atomic E-state index is -0.468. The number of halogens is 2. The van der Waals surface area contributed by atoms with E-state index < -0.39 is 5.78 Å². The van der Waals surface area contributed by atoms with Gasteiger partial charge in [0.25, 0.3) is 0 Å². The highest BCUT2D eigenvalue weighted by molar-refractivity contribution is 6.40. The van der Waals surface area contributed by atoms with Gasteiger partial charge in [0.1, 0.15) is 0 Å². The first kappa shape index (κ1) is 19.2. The Kier molecular flexibility index (Phi) is 5.67. The van der Waals surface area contributed by atoms with E-state index in [1.165, 1.54) is 12.1 Å². The lowest BCUT2D eigenvalue weighted by atomic mass is 9.86. The summed E-state index contributed by atoms with van der Waals surface area (Å²) in [7, 11) is 0. The van der Waals surface area contributed by atoms with Gasteiger partial charge in [-0.05, 0) is 23.1 Å². The number of carbonyl (C=O) groups is 2. The quantitative estimate of drug-likeness (QED) is 0.516. The number of nitriles is 1. The first-order valence-electron chi connectivity index (χ1n) is 7.69. The molecule has 0 spiro atoms. The standard InChI is InChI=1S/C20H17Cl2NO2/c1-20(2,3)14-6-4-13(5-7-14)17(24)10-18(25)19-15(21)8-12(11-23)9-16(19)22/h4-9H,10H2,1-3H3. The first-order valence-corrected chi connectivity index (χ1v) is 8.45. The minimum absolute atomic E-state index is 0.0130. The smallest absolute Gasteiger partial charge is 0.173 e. The van der Waals surface area contributed by atoms with E-state index >= 15 is 0 Å². The van der Waals surface area contributed by atoms with Crippen LogP contribution in [-0.4, -0.2) is 11.6 Å². The van der Waals surface area contributed by atoms with Gasteiger partial charge in [-0.1, -0.05) is 68.2 Å². The molecule has 25 heavy (non-hydrogen) atoms. The second kappa shape index (κ2) is 7.39. The Labute approximate surface area is 157 Å². The number of ketones is 2. The molecule has 2 rings (SSSR count). The van der Waals surface area contributed by atoms with Crippen LogP contribution in [0.4, 0.5) is 0 Å². The van der Waals surface area contributed by atoms with Crippen molar-refractivity contribution in [3.05, 3.63) is 68.7 Å². The van der Waals surface area contributed by atoms with Crippen LogP contribution in [-0.2, 0) is 5.41 Å². The summed E-state index contributed by atoms with van der Waals surface area (Å²) < 4.78 is 0. The Bertz CT molecular complexity index is 849. The van der Waals surface area contributed by atoms with Crippen LogP contribution >= 0.6 is 23.2 Å². The molecule has 0 heterocycles. The van der Waals surface area contributed by atoms with Crippen molar-refractivity contribution < 1.29 is 9.59 Å². The molecule has 0 aliphatic rings. The van der Waals surface area contributed by atoms with Gasteiger partial charge in [-0.15, -0.1) is 0 Å². The van der Waals surface area contributed by atoms with E-state index in [2.05, 4.69) is 20.8 Å². The van der Waals surface area contributed by atoms with E-state index in [-0.39, 0.29) is 38.8 Å². The fraction of sp³-hybridized carbons (Fsp3) is 0.250. The van der Waals surface area contributed by atoms with Crippen molar-refractivity contribution >= 4 is 34.8 Å². The molecular formula is C20H17Cl2NO2. The molecule has 0 atom stereocenters. The largest absolute Gasteiger partial charge is 0.294 e. The molecule has 0 unspecified atom stereocenters. The molecule has 0 radical (unpaired) electrons. The second-order valence-electron chi connectivity index (χ2n) is 6.78. The van der Waals surface area contributed by atoms with Crippen molar-refractivity contribution in [1.82, 2.24) is 0 Å². The van der Waals surface area contributed by atoms with Gasteiger partial charge in [0.05, 0.1) is 33.7 Å². The molecular weight excluding hydrogens is 357 g/mol. The summed E-state index contributed by atoms with van der Waals surface area (Å²) in [6, 6.07) is 11.9. The van der Waals surface area contributed by atoms with Gasteiger partial charge in [0, 0.05) is 5.56 Å². The molecule has 0 saturated carbocycles. The molecule has 0 N–H and O–H groups in total. The summed E-state index contributed by atoms with van der Waals surface area (Å²) in [4.78, 5) is 24.8. The number of hydrogen-bond acceptors (Lipinski definition) is 3. The van der Waals surface area contributed by atoms with Crippen LogP contribution in [0.1, 0.15) is 59.0 Å². The molecule has 3 nitrogen and oxygen atoms in total. The van der Waals surface area contributed by atoms with Crippen LogP contribution < -0.4 is 0 Å². The van der Waals surface area contributed by atoms with E-state index in [9.17, 15) is 9.59 Å². The van der Waals surface area contributed by atoms with Crippen molar-refractivity contribution in [1.29, 1.82) is 5.26 Å². The number of benzene rings is 2. The Balaban J connectivity index is 2.21. The van der Waals surface area contributed by atoms with Gasteiger partial charge in [-0.2, -0.15) is 5.26 Å². The Morgan fingerprint density at radius 1 is 1.00 bits per heavy atom. The van der Waals surface area contributed by atoms with E-state index in [0.29, 0.717) is 5.56 Å². The van der Waals surface area contributed by atoms with Crippen LogP contribution in [0.3, 0.4) is 0 Å². The summed E-state index contributed by atoms with van der Waals surface area (Å²) in [5, 5.41) is 9.03. The van der Waals surface area contributed by atoms with Crippen molar-refractivity contribution in [3.63, 3.8) is 0 Å². The molecule has 0 aliphatic heterocycles. The van der Waals surface area contributed by atoms with Crippen molar-refractivity contribution in [2.75, 3.05) is 0 Å². The van der Waals surface area contributed by atoms with Crippen LogP contribution in [0.2, 0.25) is 10.0 Å². The average molecular weight is 374 g/mol. The number of rotatable bonds is 4. The Morgan fingerprint density at radius 3 is 1.96 bits per heavy atom. The molecule has 0 bridgehead atoms. The predicted octanol–water partition coefficient (Wildman–Crippen LogP) is 5.62. The normalized spacial score (nSPS) is 11.0. The number of carbonyl (C=O) groups excluding carboxylic acids is 2. The predicted molar refractivity (Wildman–Crippen MR) is 99.6 cm³/mol. The van der Waals surface area contributed by atoms with E-state index in [1.54, 1.807) is 12.1 Å². The highest BCUT2D eigenvalue weighted by Gasteiger charge is 2.20.